The van der Waals surface area contributed by atoms with Crippen molar-refractivity contribution in [2.75, 3.05) is 18.5 Å². The Morgan fingerprint density at radius 1 is 1.36 bits per heavy atom. The number of ether oxygens (including phenoxy) is 2. The van der Waals surface area contributed by atoms with Crippen LogP contribution in [-0.4, -0.2) is 25.2 Å². The lowest BCUT2D eigenvalue weighted by molar-refractivity contribution is 0.0673. The van der Waals surface area contributed by atoms with Gasteiger partial charge in [-0.1, -0.05) is 23.7 Å². The fourth-order valence-corrected chi connectivity index (χ4v) is 2.79. The number of para-hydroxylation sites is 1. The predicted molar refractivity (Wildman–Crippen MR) is 95.0 cm³/mol. The topological polar surface area (TPSA) is 71.4 Å². The molecular weight excluding hydrogens is 340 g/mol. The number of amides is 1. The van der Waals surface area contributed by atoms with Gasteiger partial charge in [0.25, 0.3) is 5.91 Å². The van der Waals surface area contributed by atoms with Crippen molar-refractivity contribution >= 4 is 23.2 Å². The van der Waals surface area contributed by atoms with Gasteiger partial charge in [0.05, 0.1) is 22.3 Å². The molecular formula is C19H17ClN2O3. The Morgan fingerprint density at radius 3 is 2.96 bits per heavy atom. The van der Waals surface area contributed by atoms with Gasteiger partial charge < -0.3 is 14.8 Å². The van der Waals surface area contributed by atoms with Crippen LogP contribution in [0.15, 0.2) is 42.5 Å². The summed E-state index contributed by atoms with van der Waals surface area (Å²) in [5, 5.41) is 12.1. The van der Waals surface area contributed by atoms with E-state index in [0.29, 0.717) is 34.2 Å². The molecule has 1 unspecified atom stereocenters. The van der Waals surface area contributed by atoms with Crippen molar-refractivity contribution in [2.45, 2.75) is 18.9 Å². The average molecular weight is 357 g/mol. The summed E-state index contributed by atoms with van der Waals surface area (Å²) in [6, 6.07) is 13.8. The minimum atomic E-state index is -0.311. The normalized spacial score (nSPS) is 16.2. The zero-order chi connectivity index (χ0) is 17.6. The summed E-state index contributed by atoms with van der Waals surface area (Å²) in [7, 11) is 0. The number of benzene rings is 2. The van der Waals surface area contributed by atoms with Crippen molar-refractivity contribution in [1.82, 2.24) is 0 Å². The molecule has 5 nitrogen and oxygen atoms in total. The second-order valence-corrected chi connectivity index (χ2v) is 6.11. The molecule has 1 atom stereocenters. The minimum absolute atomic E-state index is 0.0746. The molecule has 1 heterocycles. The van der Waals surface area contributed by atoms with Crippen molar-refractivity contribution in [3.63, 3.8) is 0 Å². The first-order chi connectivity index (χ1) is 12.2. The molecule has 0 aliphatic carbocycles. The van der Waals surface area contributed by atoms with Crippen LogP contribution in [0, 0.1) is 11.3 Å². The van der Waals surface area contributed by atoms with Gasteiger partial charge in [0.15, 0.2) is 0 Å². The van der Waals surface area contributed by atoms with Crippen LogP contribution >= 0.6 is 11.6 Å². The van der Waals surface area contributed by atoms with Crippen LogP contribution in [0.25, 0.3) is 0 Å². The van der Waals surface area contributed by atoms with Crippen molar-refractivity contribution in [3.8, 4) is 11.8 Å². The van der Waals surface area contributed by atoms with Gasteiger partial charge in [-0.2, -0.15) is 5.26 Å². The van der Waals surface area contributed by atoms with E-state index in [2.05, 4.69) is 5.32 Å². The first-order valence-corrected chi connectivity index (χ1v) is 8.39. The SMILES string of the molecule is N#Cc1cc(NC(=O)c2ccccc2OCC2CCCO2)ccc1Cl. The molecule has 0 saturated carbocycles. The number of nitrogens with zero attached hydrogens (tertiary/aromatic N) is 1. The zero-order valence-electron chi connectivity index (χ0n) is 13.5. The predicted octanol–water partition coefficient (Wildman–Crippen LogP) is 4.02. The molecule has 2 aromatic carbocycles. The van der Waals surface area contributed by atoms with Gasteiger partial charge in [-0.15, -0.1) is 0 Å². The molecule has 0 radical (unpaired) electrons. The first-order valence-electron chi connectivity index (χ1n) is 8.02. The van der Waals surface area contributed by atoms with E-state index in [1.54, 1.807) is 30.3 Å². The number of hydrogen-bond acceptors (Lipinski definition) is 4. The lowest BCUT2D eigenvalue weighted by Gasteiger charge is -2.14. The van der Waals surface area contributed by atoms with Gasteiger partial charge in [0.1, 0.15) is 18.4 Å². The minimum Gasteiger partial charge on any atom is -0.490 e. The van der Waals surface area contributed by atoms with E-state index >= 15 is 0 Å². The molecule has 1 saturated heterocycles. The second-order valence-electron chi connectivity index (χ2n) is 5.70. The number of rotatable bonds is 5. The zero-order valence-corrected chi connectivity index (χ0v) is 14.3. The first kappa shape index (κ1) is 17.3. The van der Waals surface area contributed by atoms with E-state index in [4.69, 9.17) is 26.3 Å². The standard InChI is InChI=1S/C19H17ClN2O3/c20-17-8-7-14(10-13(17)11-21)22-19(23)16-5-1-2-6-18(16)25-12-15-4-3-9-24-15/h1-2,5-8,10,15H,3-4,9,12H2,(H,22,23). The van der Waals surface area contributed by atoms with Crippen LogP contribution in [0.3, 0.4) is 0 Å². The molecule has 3 rings (SSSR count). The van der Waals surface area contributed by atoms with E-state index in [9.17, 15) is 4.79 Å². The van der Waals surface area contributed by atoms with E-state index in [0.717, 1.165) is 19.4 Å². The summed E-state index contributed by atoms with van der Waals surface area (Å²) in [4.78, 5) is 12.6. The van der Waals surface area contributed by atoms with Crippen molar-refractivity contribution < 1.29 is 14.3 Å². The van der Waals surface area contributed by atoms with Gasteiger partial charge in [-0.05, 0) is 43.2 Å². The van der Waals surface area contributed by atoms with E-state index < -0.39 is 0 Å². The third kappa shape index (κ3) is 4.30. The Hall–Kier alpha value is -2.55. The summed E-state index contributed by atoms with van der Waals surface area (Å²) in [6.07, 6.45) is 2.08. The number of hydrogen-bond donors (Lipinski definition) is 1. The van der Waals surface area contributed by atoms with Gasteiger partial charge in [0, 0.05) is 12.3 Å². The number of carbonyl (C=O) groups excluding carboxylic acids is 1. The van der Waals surface area contributed by atoms with E-state index in [-0.39, 0.29) is 12.0 Å². The van der Waals surface area contributed by atoms with Crippen molar-refractivity contribution in [3.05, 3.63) is 58.6 Å². The highest BCUT2D eigenvalue weighted by molar-refractivity contribution is 6.31. The molecule has 2 aromatic rings. The molecule has 0 aromatic heterocycles. The fraction of sp³-hybridized carbons (Fsp3) is 0.263. The van der Waals surface area contributed by atoms with Crippen molar-refractivity contribution in [1.29, 1.82) is 5.26 Å². The highest BCUT2D eigenvalue weighted by Gasteiger charge is 2.18. The molecule has 128 valence electrons. The molecule has 1 N–H and O–H groups in total. The van der Waals surface area contributed by atoms with Crippen LogP contribution < -0.4 is 10.1 Å². The third-order valence-corrected chi connectivity index (χ3v) is 4.25. The Kier molecular flexibility index (Phi) is 5.54. The van der Waals surface area contributed by atoms with Gasteiger partial charge in [-0.25, -0.2) is 0 Å². The van der Waals surface area contributed by atoms with Crippen LogP contribution in [-0.2, 0) is 4.74 Å². The molecule has 1 fully saturated rings. The largest absolute Gasteiger partial charge is 0.490 e. The lowest BCUT2D eigenvalue weighted by Crippen LogP contribution is -2.19. The molecule has 1 amide bonds. The lowest BCUT2D eigenvalue weighted by atomic mass is 10.1. The summed E-state index contributed by atoms with van der Waals surface area (Å²) in [5.41, 5.74) is 1.23. The van der Waals surface area contributed by atoms with Crippen LogP contribution in [0.5, 0.6) is 5.75 Å². The summed E-state index contributed by atoms with van der Waals surface area (Å²) < 4.78 is 11.3. The van der Waals surface area contributed by atoms with Gasteiger partial charge >= 0.3 is 0 Å². The Labute approximate surface area is 151 Å². The maximum absolute atomic E-state index is 12.6. The number of carbonyl (C=O) groups is 1. The van der Waals surface area contributed by atoms with Crippen LogP contribution in [0.2, 0.25) is 5.02 Å². The van der Waals surface area contributed by atoms with Crippen molar-refractivity contribution in [2.24, 2.45) is 0 Å². The highest BCUT2D eigenvalue weighted by atomic mass is 35.5. The summed E-state index contributed by atoms with van der Waals surface area (Å²) >= 11 is 5.91. The van der Waals surface area contributed by atoms with Gasteiger partial charge in [0.2, 0.25) is 0 Å². The number of halogens is 1. The highest BCUT2D eigenvalue weighted by Crippen LogP contribution is 2.23. The molecule has 25 heavy (non-hydrogen) atoms. The quantitative estimate of drug-likeness (QED) is 0.878. The smallest absolute Gasteiger partial charge is 0.259 e. The Morgan fingerprint density at radius 2 is 2.20 bits per heavy atom. The monoisotopic (exact) mass is 356 g/mol. The molecule has 0 bridgehead atoms. The second kappa shape index (κ2) is 8.02. The maximum Gasteiger partial charge on any atom is 0.259 e. The molecule has 0 spiro atoms. The van der Waals surface area contributed by atoms with Gasteiger partial charge in [-0.3, -0.25) is 4.79 Å². The Bertz CT molecular complexity index is 811. The number of nitriles is 1. The molecule has 1 aliphatic heterocycles. The van der Waals surface area contributed by atoms with Crippen LogP contribution in [0.1, 0.15) is 28.8 Å². The Balaban J connectivity index is 1.72. The van der Waals surface area contributed by atoms with E-state index in [1.165, 1.54) is 6.07 Å². The molecule has 1 aliphatic rings. The van der Waals surface area contributed by atoms with E-state index in [1.807, 2.05) is 12.1 Å². The number of nitrogens with one attached hydrogen (secondary N) is 1. The fourth-order valence-electron chi connectivity index (χ4n) is 2.63. The third-order valence-electron chi connectivity index (χ3n) is 3.93. The maximum atomic E-state index is 12.6. The number of anilines is 1. The molecule has 6 heteroatoms. The summed E-state index contributed by atoms with van der Waals surface area (Å²) in [6.45, 7) is 1.18. The average Bonchev–Trinajstić information content (AvgIpc) is 3.15. The summed E-state index contributed by atoms with van der Waals surface area (Å²) in [5.74, 6) is 0.194. The van der Waals surface area contributed by atoms with Crippen LogP contribution in [0.4, 0.5) is 5.69 Å².